The molecular weight excluding hydrogens is 603 g/mol. The van der Waals surface area contributed by atoms with Gasteiger partial charge in [-0.3, -0.25) is 4.79 Å². The summed E-state index contributed by atoms with van der Waals surface area (Å²) in [5.41, 5.74) is 7.95. The van der Waals surface area contributed by atoms with Crippen LogP contribution in [0.1, 0.15) is 49.1 Å². The van der Waals surface area contributed by atoms with Crippen LogP contribution in [0, 0.1) is 11.7 Å². The zero-order chi connectivity index (χ0) is 30.1. The highest BCUT2D eigenvalue weighted by Gasteiger charge is 2.39. The summed E-state index contributed by atoms with van der Waals surface area (Å²) in [4.78, 5) is 13.6. The van der Waals surface area contributed by atoms with Gasteiger partial charge in [0, 0.05) is 47.4 Å². The number of nitrogens with zero attached hydrogens (tertiary/aromatic N) is 1. The van der Waals surface area contributed by atoms with Crippen molar-refractivity contribution in [2.75, 3.05) is 35.7 Å². The van der Waals surface area contributed by atoms with Gasteiger partial charge in [-0.2, -0.15) is 4.31 Å². The first-order chi connectivity index (χ1) is 19.9. The Kier molecular flexibility index (Phi) is 9.60. The molecule has 230 valence electrons. The van der Waals surface area contributed by atoms with E-state index in [0.29, 0.717) is 49.4 Å². The topological polar surface area (TPSA) is 139 Å². The highest BCUT2D eigenvalue weighted by Crippen LogP contribution is 2.37. The number of hydrogen-bond donors (Lipinski definition) is 3. The molecule has 2 unspecified atom stereocenters. The number of piperazine rings is 1. The second-order valence-electron chi connectivity index (χ2n) is 11.7. The lowest BCUT2D eigenvalue weighted by molar-refractivity contribution is -0.118. The number of nitrogens with one attached hydrogen (secondary N) is 2. The number of fused-ring (bicyclic) bond motifs is 2. The minimum Gasteiger partial charge on any atom is -0.324 e. The Balaban J connectivity index is 1.33. The van der Waals surface area contributed by atoms with Gasteiger partial charge in [0.25, 0.3) is 0 Å². The Labute approximate surface area is 252 Å². The third-order valence-corrected chi connectivity index (χ3v) is 12.9. The highest BCUT2D eigenvalue weighted by atomic mass is 35.5. The van der Waals surface area contributed by atoms with Crippen molar-refractivity contribution in [1.29, 1.82) is 0 Å². The van der Waals surface area contributed by atoms with Crippen LogP contribution in [0.3, 0.4) is 0 Å². The van der Waals surface area contributed by atoms with Gasteiger partial charge in [0.05, 0.1) is 23.3 Å². The minimum atomic E-state index is -3.39. The van der Waals surface area contributed by atoms with Crippen LogP contribution in [0.25, 0.3) is 0 Å². The van der Waals surface area contributed by atoms with Crippen molar-refractivity contribution in [2.24, 2.45) is 11.7 Å². The summed E-state index contributed by atoms with van der Waals surface area (Å²) in [6, 6.07) is 10.3. The predicted octanol–water partition coefficient (Wildman–Crippen LogP) is 3.05. The first-order valence-electron chi connectivity index (χ1n) is 14.5. The molecule has 0 radical (unpaired) electrons. The van der Waals surface area contributed by atoms with Crippen LogP contribution in [0.2, 0.25) is 5.02 Å². The summed E-state index contributed by atoms with van der Waals surface area (Å²) in [7, 11) is -6.51. The molecule has 0 aromatic heterocycles. The van der Waals surface area contributed by atoms with Crippen molar-refractivity contribution < 1.29 is 26.0 Å². The molecule has 2 bridgehead atoms. The van der Waals surface area contributed by atoms with Gasteiger partial charge in [0.1, 0.15) is 15.7 Å². The van der Waals surface area contributed by atoms with Gasteiger partial charge >= 0.3 is 0 Å². The van der Waals surface area contributed by atoms with E-state index in [-0.39, 0.29) is 47.4 Å². The minimum absolute atomic E-state index is 0.0354. The van der Waals surface area contributed by atoms with E-state index < -0.39 is 43.5 Å². The molecule has 5 atom stereocenters. The van der Waals surface area contributed by atoms with Gasteiger partial charge in [-0.25, -0.2) is 21.2 Å². The van der Waals surface area contributed by atoms with E-state index in [1.54, 1.807) is 34.6 Å². The number of carbonyl (C=O) groups excluding carboxylic acids is 1. The molecule has 0 spiro atoms. The molecule has 3 fully saturated rings. The zero-order valence-electron chi connectivity index (χ0n) is 23.3. The third-order valence-electron chi connectivity index (χ3n) is 8.92. The molecule has 13 heteroatoms. The van der Waals surface area contributed by atoms with Crippen molar-refractivity contribution in [3.05, 3.63) is 64.4 Å². The molecule has 5 rings (SSSR count). The Bertz CT molecular complexity index is 1490. The maximum absolute atomic E-state index is 15.2. The SMILES string of the molecule is N[C@H](C(=O)Nc1cccc(F)c1CC[C@H]1CNC2CCCS(=O)(=O)N1C2)[C@@H](c1ccc(Cl)cc1)C1CCS(=O)(=O)CC1. The average molecular weight is 641 g/mol. The molecule has 0 aliphatic carbocycles. The van der Waals surface area contributed by atoms with Crippen LogP contribution < -0.4 is 16.4 Å². The Morgan fingerprint density at radius 2 is 1.79 bits per heavy atom. The lowest BCUT2D eigenvalue weighted by Crippen LogP contribution is -2.57. The zero-order valence-corrected chi connectivity index (χ0v) is 25.7. The maximum atomic E-state index is 15.2. The largest absolute Gasteiger partial charge is 0.324 e. The first kappa shape index (κ1) is 31.3. The molecule has 3 aliphatic heterocycles. The number of sulfonamides is 1. The number of hydrogen-bond acceptors (Lipinski definition) is 7. The number of carbonyl (C=O) groups is 1. The van der Waals surface area contributed by atoms with Crippen molar-refractivity contribution in [1.82, 2.24) is 9.62 Å². The number of halogens is 2. The lowest BCUT2D eigenvalue weighted by Gasteiger charge is -2.37. The molecule has 3 heterocycles. The number of rotatable bonds is 8. The fraction of sp³-hybridized carbons (Fsp3) is 0.552. The van der Waals surface area contributed by atoms with Crippen LogP contribution in [-0.2, 0) is 31.1 Å². The molecule has 9 nitrogen and oxygen atoms in total. The summed E-state index contributed by atoms with van der Waals surface area (Å²) >= 11 is 6.09. The molecule has 42 heavy (non-hydrogen) atoms. The van der Waals surface area contributed by atoms with E-state index in [1.807, 2.05) is 0 Å². The molecule has 4 N–H and O–H groups in total. The van der Waals surface area contributed by atoms with E-state index in [0.717, 1.165) is 12.0 Å². The van der Waals surface area contributed by atoms with E-state index in [2.05, 4.69) is 10.6 Å². The van der Waals surface area contributed by atoms with Crippen molar-refractivity contribution in [3.63, 3.8) is 0 Å². The van der Waals surface area contributed by atoms with E-state index >= 15 is 4.39 Å². The van der Waals surface area contributed by atoms with Crippen molar-refractivity contribution in [3.8, 4) is 0 Å². The monoisotopic (exact) mass is 640 g/mol. The van der Waals surface area contributed by atoms with E-state index in [4.69, 9.17) is 17.3 Å². The summed E-state index contributed by atoms with van der Waals surface area (Å²) in [5.74, 6) is -1.42. The fourth-order valence-corrected chi connectivity index (χ4v) is 10.1. The Morgan fingerprint density at radius 1 is 1.07 bits per heavy atom. The number of benzene rings is 2. The van der Waals surface area contributed by atoms with Gasteiger partial charge in [0.2, 0.25) is 15.9 Å². The summed E-state index contributed by atoms with van der Waals surface area (Å²) in [6.45, 7) is 0.905. The van der Waals surface area contributed by atoms with Crippen molar-refractivity contribution >= 4 is 43.1 Å². The normalized spacial score (nSPS) is 27.0. The molecule has 1 amide bonds. The van der Waals surface area contributed by atoms with Gasteiger partial charge in [-0.15, -0.1) is 0 Å². The van der Waals surface area contributed by atoms with Gasteiger partial charge in [-0.05, 0) is 74.3 Å². The van der Waals surface area contributed by atoms with Gasteiger partial charge < -0.3 is 16.4 Å². The fourth-order valence-electron chi connectivity index (χ4n) is 6.59. The maximum Gasteiger partial charge on any atom is 0.241 e. The summed E-state index contributed by atoms with van der Waals surface area (Å²) in [6.07, 6.45) is 2.80. The molecular formula is C29H38ClFN4O5S2. The van der Waals surface area contributed by atoms with Crippen molar-refractivity contribution in [2.45, 2.75) is 62.6 Å². The summed E-state index contributed by atoms with van der Waals surface area (Å²) < 4.78 is 66.6. The van der Waals surface area contributed by atoms with E-state index in [9.17, 15) is 21.6 Å². The van der Waals surface area contributed by atoms with Crippen LogP contribution in [0.4, 0.5) is 10.1 Å². The molecule has 0 saturated carbocycles. The number of anilines is 1. The van der Waals surface area contributed by atoms with Gasteiger partial charge in [0.15, 0.2) is 0 Å². The second-order valence-corrected chi connectivity index (χ2v) is 16.5. The Hall–Kier alpha value is -2.09. The van der Waals surface area contributed by atoms with Crippen LogP contribution in [0.5, 0.6) is 0 Å². The quantitative estimate of drug-likeness (QED) is 0.403. The summed E-state index contributed by atoms with van der Waals surface area (Å²) in [5, 5.41) is 6.79. The molecule has 2 aromatic rings. The smallest absolute Gasteiger partial charge is 0.241 e. The van der Waals surface area contributed by atoms with Crippen LogP contribution in [0.15, 0.2) is 42.5 Å². The predicted molar refractivity (Wildman–Crippen MR) is 162 cm³/mol. The number of nitrogens with two attached hydrogens (primary N) is 1. The standard InChI is InChI=1S/C29H38ClFN4O5S2/c30-21-8-6-19(7-9-21)27(20-12-15-41(37,38)16-13-20)28(32)29(36)34-26-5-1-4-25(31)24(26)11-10-23-17-33-22-3-2-14-42(39,40)35(23)18-22/h1,4-9,20,22-23,27-28,33H,2-3,10-18,32H2,(H,34,36)/t22?,23-,27-,28-/m0/s1. The van der Waals surface area contributed by atoms with Crippen LogP contribution in [-0.4, -0.2) is 75.5 Å². The van der Waals surface area contributed by atoms with Gasteiger partial charge in [-0.1, -0.05) is 29.8 Å². The highest BCUT2D eigenvalue weighted by molar-refractivity contribution is 7.91. The molecule has 3 aliphatic rings. The first-order valence-corrected chi connectivity index (χ1v) is 18.3. The van der Waals surface area contributed by atoms with E-state index in [1.165, 1.54) is 12.1 Å². The average Bonchev–Trinajstić information content (AvgIpc) is 3.06. The molecule has 3 saturated heterocycles. The lowest BCUT2D eigenvalue weighted by atomic mass is 9.77. The van der Waals surface area contributed by atoms with Crippen LogP contribution >= 0.6 is 11.6 Å². The molecule has 2 aromatic carbocycles. The second kappa shape index (κ2) is 12.9. The number of amides is 1. The number of sulfone groups is 1. The Morgan fingerprint density at radius 3 is 2.50 bits per heavy atom. The third kappa shape index (κ3) is 7.16.